The van der Waals surface area contributed by atoms with Crippen LogP contribution in [0.5, 0.6) is 11.5 Å². The Morgan fingerprint density at radius 3 is 2.73 bits per heavy atom. The number of benzene rings is 2. The van der Waals surface area contributed by atoms with Crippen LogP contribution in [0.25, 0.3) is 0 Å². The van der Waals surface area contributed by atoms with Crippen LogP contribution in [0.4, 0.5) is 5.69 Å². The highest BCUT2D eigenvalue weighted by atomic mass is 16.5. The molecule has 2 heterocycles. The number of carbonyl (C=O) groups excluding carboxylic acids is 1. The number of nitrogens with one attached hydrogen (secondary N) is 1. The second-order valence-electron chi connectivity index (χ2n) is 7.20. The first-order chi connectivity index (χ1) is 14.7. The zero-order valence-electron chi connectivity index (χ0n) is 17.1. The second-order valence-corrected chi connectivity index (χ2v) is 7.20. The summed E-state index contributed by atoms with van der Waals surface area (Å²) in [4.78, 5) is 13.0. The summed E-state index contributed by atoms with van der Waals surface area (Å²) in [5.41, 5.74) is 2.74. The van der Waals surface area contributed by atoms with Gasteiger partial charge in [0.15, 0.2) is 11.5 Å². The van der Waals surface area contributed by atoms with Crippen molar-refractivity contribution in [3.63, 3.8) is 0 Å². The molecule has 3 aromatic rings. The number of rotatable bonds is 7. The van der Waals surface area contributed by atoms with Gasteiger partial charge in [0.2, 0.25) is 5.91 Å². The third-order valence-electron chi connectivity index (χ3n) is 5.25. The first-order valence-electron chi connectivity index (χ1n) is 9.88. The van der Waals surface area contributed by atoms with E-state index in [-0.39, 0.29) is 17.9 Å². The lowest BCUT2D eigenvalue weighted by Crippen LogP contribution is -2.25. The van der Waals surface area contributed by atoms with E-state index in [9.17, 15) is 4.79 Å². The minimum Gasteiger partial charge on any atom is -0.493 e. The molecule has 1 N–H and O–H groups in total. The quantitative estimate of drug-likeness (QED) is 0.647. The molecule has 1 aromatic heterocycles. The van der Waals surface area contributed by atoms with E-state index < -0.39 is 0 Å². The number of nitrogens with zero attached hydrogens (tertiary/aromatic N) is 2. The maximum absolute atomic E-state index is 13.0. The van der Waals surface area contributed by atoms with Crippen molar-refractivity contribution < 1.29 is 19.0 Å². The summed E-state index contributed by atoms with van der Waals surface area (Å²) in [5.74, 6) is 0.813. The van der Waals surface area contributed by atoms with Gasteiger partial charge in [-0.25, -0.2) is 0 Å². The van der Waals surface area contributed by atoms with Crippen molar-refractivity contribution in [2.45, 2.75) is 19.1 Å². The maximum atomic E-state index is 13.0. The number of carbonyl (C=O) groups is 1. The van der Waals surface area contributed by atoms with Crippen molar-refractivity contribution in [2.75, 3.05) is 26.1 Å². The highest BCUT2D eigenvalue weighted by molar-refractivity contribution is 5.93. The Kier molecular flexibility index (Phi) is 5.99. The molecule has 4 rings (SSSR count). The fraction of sp³-hybridized carbons (Fsp3) is 0.304. The number of hydrogen-bond donors (Lipinski definition) is 1. The molecule has 2 atom stereocenters. The zero-order chi connectivity index (χ0) is 20.9. The monoisotopic (exact) mass is 407 g/mol. The van der Waals surface area contributed by atoms with E-state index in [1.54, 1.807) is 38.6 Å². The largest absolute Gasteiger partial charge is 0.493 e. The van der Waals surface area contributed by atoms with Gasteiger partial charge in [-0.1, -0.05) is 30.3 Å². The molecule has 2 aromatic carbocycles. The molecule has 1 saturated heterocycles. The minimum atomic E-state index is -0.310. The highest BCUT2D eigenvalue weighted by Crippen LogP contribution is 2.36. The Morgan fingerprint density at radius 1 is 1.17 bits per heavy atom. The number of ether oxygens (including phenoxy) is 3. The van der Waals surface area contributed by atoms with Gasteiger partial charge in [0.05, 0.1) is 39.0 Å². The number of methoxy groups -OCH3 is 2. The van der Waals surface area contributed by atoms with E-state index in [2.05, 4.69) is 22.5 Å². The van der Waals surface area contributed by atoms with Gasteiger partial charge in [-0.15, -0.1) is 0 Å². The van der Waals surface area contributed by atoms with E-state index in [0.717, 1.165) is 5.56 Å². The highest BCUT2D eigenvalue weighted by Gasteiger charge is 2.36. The first-order valence-corrected chi connectivity index (χ1v) is 9.88. The molecule has 0 radical (unpaired) electrons. The molecule has 7 heteroatoms. The Labute approximate surface area is 175 Å². The molecular weight excluding hydrogens is 382 g/mol. The fourth-order valence-corrected chi connectivity index (χ4v) is 3.72. The third kappa shape index (κ3) is 4.31. The Morgan fingerprint density at radius 2 is 1.97 bits per heavy atom. The molecule has 156 valence electrons. The second kappa shape index (κ2) is 9.00. The predicted molar refractivity (Wildman–Crippen MR) is 113 cm³/mol. The first kappa shape index (κ1) is 20.0. The van der Waals surface area contributed by atoms with Crippen LogP contribution >= 0.6 is 0 Å². The summed E-state index contributed by atoms with van der Waals surface area (Å²) in [6.07, 6.45) is 4.10. The lowest BCUT2D eigenvalue weighted by molar-refractivity contribution is -0.121. The lowest BCUT2D eigenvalue weighted by Gasteiger charge is -2.17. The molecule has 7 nitrogen and oxygen atoms in total. The van der Waals surface area contributed by atoms with Gasteiger partial charge in [-0.3, -0.25) is 9.48 Å². The Hall–Kier alpha value is -3.32. The van der Waals surface area contributed by atoms with Gasteiger partial charge < -0.3 is 19.5 Å². The van der Waals surface area contributed by atoms with E-state index in [1.807, 2.05) is 29.1 Å². The van der Waals surface area contributed by atoms with Crippen LogP contribution in [0.3, 0.4) is 0 Å². The van der Waals surface area contributed by atoms with Crippen LogP contribution in [-0.2, 0) is 16.1 Å². The normalized spacial score (nSPS) is 18.2. The summed E-state index contributed by atoms with van der Waals surface area (Å²) in [7, 11) is 3.14. The molecule has 0 unspecified atom stereocenters. The summed E-state index contributed by atoms with van der Waals surface area (Å²) in [6.45, 7) is 1.22. The number of amides is 1. The van der Waals surface area contributed by atoms with Crippen molar-refractivity contribution in [3.05, 3.63) is 72.1 Å². The summed E-state index contributed by atoms with van der Waals surface area (Å²) in [5, 5.41) is 7.42. The Balaban J connectivity index is 1.45. The van der Waals surface area contributed by atoms with E-state index in [4.69, 9.17) is 14.2 Å². The average Bonchev–Trinajstić information content (AvgIpc) is 3.44. The van der Waals surface area contributed by atoms with Gasteiger partial charge in [-0.2, -0.15) is 5.10 Å². The molecule has 0 bridgehead atoms. The van der Waals surface area contributed by atoms with E-state index >= 15 is 0 Å². The minimum absolute atomic E-state index is 0.0828. The van der Waals surface area contributed by atoms with Crippen LogP contribution in [0.1, 0.15) is 23.7 Å². The van der Waals surface area contributed by atoms with Crippen molar-refractivity contribution in [3.8, 4) is 11.5 Å². The molecule has 1 aliphatic heterocycles. The van der Waals surface area contributed by atoms with Crippen LogP contribution < -0.4 is 14.8 Å². The molecule has 0 aliphatic carbocycles. The standard InChI is InChI=1S/C23H25N3O4/c1-28-20-9-8-18(12-21(20)29-2)25-23(27)19-10-11-30-22(19)17-13-24-26(15-17)14-16-6-4-3-5-7-16/h3-9,12-13,15,19,22H,10-11,14H2,1-2H3,(H,25,27)/t19-,22+/m0/s1. The fourth-order valence-electron chi connectivity index (χ4n) is 3.72. The van der Waals surface area contributed by atoms with Crippen molar-refractivity contribution >= 4 is 11.6 Å². The molecule has 0 saturated carbocycles. The zero-order valence-corrected chi connectivity index (χ0v) is 17.1. The summed E-state index contributed by atoms with van der Waals surface area (Å²) < 4.78 is 18.3. The predicted octanol–water partition coefficient (Wildman–Crippen LogP) is 3.66. The average molecular weight is 407 g/mol. The van der Waals surface area contributed by atoms with Gasteiger partial charge in [0.1, 0.15) is 0 Å². The number of anilines is 1. The maximum Gasteiger partial charge on any atom is 0.230 e. The van der Waals surface area contributed by atoms with Crippen molar-refractivity contribution in [2.24, 2.45) is 5.92 Å². The van der Waals surface area contributed by atoms with Gasteiger partial charge in [-0.05, 0) is 24.1 Å². The van der Waals surface area contributed by atoms with Crippen molar-refractivity contribution in [1.82, 2.24) is 9.78 Å². The number of aromatic nitrogens is 2. The summed E-state index contributed by atoms with van der Waals surface area (Å²) in [6, 6.07) is 15.4. The van der Waals surface area contributed by atoms with E-state index in [0.29, 0.717) is 36.8 Å². The SMILES string of the molecule is COc1ccc(NC(=O)[C@H]2CCO[C@@H]2c2cnn(Cc3ccccc3)c2)cc1OC. The summed E-state index contributed by atoms with van der Waals surface area (Å²) >= 11 is 0. The molecule has 1 amide bonds. The van der Waals surface area contributed by atoms with Crippen molar-refractivity contribution in [1.29, 1.82) is 0 Å². The van der Waals surface area contributed by atoms with Crippen LogP contribution in [0.2, 0.25) is 0 Å². The van der Waals surface area contributed by atoms with Crippen LogP contribution in [-0.4, -0.2) is 36.5 Å². The molecule has 30 heavy (non-hydrogen) atoms. The molecular formula is C23H25N3O4. The Bertz CT molecular complexity index is 1000. The molecule has 1 aliphatic rings. The van der Waals surface area contributed by atoms with E-state index in [1.165, 1.54) is 5.56 Å². The third-order valence-corrected chi connectivity index (χ3v) is 5.25. The topological polar surface area (TPSA) is 74.6 Å². The van der Waals surface area contributed by atoms with Gasteiger partial charge >= 0.3 is 0 Å². The molecule has 0 spiro atoms. The van der Waals surface area contributed by atoms with Crippen LogP contribution in [0.15, 0.2) is 60.9 Å². The lowest BCUT2D eigenvalue weighted by atomic mass is 9.96. The smallest absolute Gasteiger partial charge is 0.230 e. The van der Waals surface area contributed by atoms with Gasteiger partial charge in [0.25, 0.3) is 0 Å². The number of hydrogen-bond acceptors (Lipinski definition) is 5. The molecule has 1 fully saturated rings. The van der Waals surface area contributed by atoms with Crippen LogP contribution in [0, 0.1) is 5.92 Å². The van der Waals surface area contributed by atoms with Gasteiger partial charge in [0, 0.05) is 30.1 Å².